The van der Waals surface area contributed by atoms with Gasteiger partial charge in [0.05, 0.1) is 12.8 Å². The van der Waals surface area contributed by atoms with E-state index in [1.54, 1.807) is 13.1 Å². The van der Waals surface area contributed by atoms with Crippen molar-refractivity contribution in [2.24, 2.45) is 5.10 Å². The second-order valence-electron chi connectivity index (χ2n) is 3.85. The molecular formula is C14H21N3O2. The van der Waals surface area contributed by atoms with E-state index in [0.29, 0.717) is 6.61 Å². The molecule has 0 atom stereocenters. The summed E-state index contributed by atoms with van der Waals surface area (Å²) in [5.41, 5.74) is 4.39. The van der Waals surface area contributed by atoms with E-state index in [1.807, 2.05) is 24.3 Å². The van der Waals surface area contributed by atoms with Gasteiger partial charge in [-0.05, 0) is 38.5 Å². The van der Waals surface area contributed by atoms with Crippen molar-refractivity contribution in [3.05, 3.63) is 29.8 Å². The highest BCUT2D eigenvalue weighted by Gasteiger charge is 2.00. The maximum Gasteiger partial charge on any atom is 0.427 e. The van der Waals surface area contributed by atoms with Crippen molar-refractivity contribution in [3.63, 3.8) is 0 Å². The maximum atomic E-state index is 11.0. The average Bonchev–Trinajstić information content (AvgIpc) is 2.42. The van der Waals surface area contributed by atoms with Gasteiger partial charge in [-0.1, -0.05) is 12.1 Å². The van der Waals surface area contributed by atoms with E-state index >= 15 is 0 Å². The van der Waals surface area contributed by atoms with E-state index in [-0.39, 0.29) is 0 Å². The molecule has 0 aromatic heterocycles. The van der Waals surface area contributed by atoms with Crippen LogP contribution in [0, 0.1) is 0 Å². The van der Waals surface area contributed by atoms with Gasteiger partial charge in [-0.15, -0.1) is 0 Å². The molecule has 0 aliphatic rings. The van der Waals surface area contributed by atoms with Gasteiger partial charge in [0.25, 0.3) is 0 Å². The second-order valence-corrected chi connectivity index (χ2v) is 3.85. The fourth-order valence-electron chi connectivity index (χ4n) is 1.68. The van der Waals surface area contributed by atoms with Crippen LogP contribution in [0.3, 0.4) is 0 Å². The van der Waals surface area contributed by atoms with Crippen molar-refractivity contribution in [2.75, 3.05) is 24.6 Å². The van der Waals surface area contributed by atoms with Crippen LogP contribution in [0.25, 0.3) is 0 Å². The van der Waals surface area contributed by atoms with Crippen LogP contribution in [-0.2, 0) is 4.74 Å². The Balaban J connectivity index is 2.57. The number of amides is 1. The van der Waals surface area contributed by atoms with Crippen molar-refractivity contribution in [2.45, 2.75) is 20.8 Å². The molecule has 0 fully saturated rings. The topological polar surface area (TPSA) is 53.9 Å². The van der Waals surface area contributed by atoms with Crippen molar-refractivity contribution in [3.8, 4) is 0 Å². The van der Waals surface area contributed by atoms with Gasteiger partial charge in [-0.2, -0.15) is 5.10 Å². The number of hydrogen-bond donors (Lipinski definition) is 1. The molecular weight excluding hydrogens is 242 g/mol. The van der Waals surface area contributed by atoms with E-state index in [0.717, 1.165) is 18.7 Å². The Morgan fingerprint density at radius 3 is 2.42 bits per heavy atom. The van der Waals surface area contributed by atoms with E-state index < -0.39 is 6.09 Å². The number of rotatable bonds is 6. The fraction of sp³-hybridized carbons (Fsp3) is 0.429. The van der Waals surface area contributed by atoms with Crippen LogP contribution in [0.5, 0.6) is 0 Å². The van der Waals surface area contributed by atoms with Gasteiger partial charge >= 0.3 is 6.09 Å². The Kier molecular flexibility index (Phi) is 6.43. The summed E-state index contributed by atoms with van der Waals surface area (Å²) in [4.78, 5) is 13.3. The lowest BCUT2D eigenvalue weighted by Gasteiger charge is -2.20. The predicted octanol–water partition coefficient (Wildman–Crippen LogP) is 2.61. The van der Waals surface area contributed by atoms with E-state index in [4.69, 9.17) is 0 Å². The lowest BCUT2D eigenvalue weighted by Crippen LogP contribution is -2.21. The quantitative estimate of drug-likeness (QED) is 0.634. The average molecular weight is 263 g/mol. The molecule has 0 saturated heterocycles. The van der Waals surface area contributed by atoms with Gasteiger partial charge in [-0.25, -0.2) is 10.2 Å². The zero-order valence-corrected chi connectivity index (χ0v) is 11.7. The van der Waals surface area contributed by atoms with Gasteiger partial charge in [0.15, 0.2) is 0 Å². The summed E-state index contributed by atoms with van der Waals surface area (Å²) >= 11 is 0. The van der Waals surface area contributed by atoms with Crippen LogP contribution < -0.4 is 10.3 Å². The van der Waals surface area contributed by atoms with Crippen molar-refractivity contribution in [1.82, 2.24) is 5.43 Å². The molecule has 1 aromatic rings. The first-order valence-corrected chi connectivity index (χ1v) is 6.52. The third-order valence-corrected chi connectivity index (χ3v) is 2.67. The van der Waals surface area contributed by atoms with Gasteiger partial charge in [0.1, 0.15) is 0 Å². The van der Waals surface area contributed by atoms with Gasteiger partial charge < -0.3 is 9.64 Å². The molecule has 0 heterocycles. The molecule has 0 spiro atoms. The number of benzene rings is 1. The molecule has 0 radical (unpaired) electrons. The third kappa shape index (κ3) is 4.99. The van der Waals surface area contributed by atoms with E-state index in [9.17, 15) is 4.79 Å². The SMILES string of the molecule is CCOC(=O)NN=Cc1ccc(N(CC)CC)cc1. The molecule has 1 N–H and O–H groups in total. The molecule has 1 rings (SSSR count). The first-order valence-electron chi connectivity index (χ1n) is 6.52. The maximum absolute atomic E-state index is 11.0. The van der Waals surface area contributed by atoms with E-state index in [1.165, 1.54) is 5.69 Å². The van der Waals surface area contributed by atoms with Crippen LogP contribution >= 0.6 is 0 Å². The van der Waals surface area contributed by atoms with E-state index in [2.05, 4.69) is 34.0 Å². The Morgan fingerprint density at radius 2 is 1.89 bits per heavy atom. The Morgan fingerprint density at radius 1 is 1.26 bits per heavy atom. The molecule has 104 valence electrons. The molecule has 1 aromatic carbocycles. The summed E-state index contributed by atoms with van der Waals surface area (Å²) < 4.78 is 4.69. The summed E-state index contributed by atoms with van der Waals surface area (Å²) in [6, 6.07) is 8.01. The van der Waals surface area contributed by atoms with Crippen LogP contribution in [0.2, 0.25) is 0 Å². The zero-order valence-electron chi connectivity index (χ0n) is 11.7. The molecule has 0 unspecified atom stereocenters. The highest BCUT2D eigenvalue weighted by atomic mass is 16.5. The highest BCUT2D eigenvalue weighted by Crippen LogP contribution is 2.13. The minimum atomic E-state index is -0.543. The fourth-order valence-corrected chi connectivity index (χ4v) is 1.68. The Bertz CT molecular complexity index is 411. The van der Waals surface area contributed by atoms with Gasteiger partial charge in [0.2, 0.25) is 0 Å². The van der Waals surface area contributed by atoms with Crippen LogP contribution in [0.15, 0.2) is 29.4 Å². The minimum Gasteiger partial charge on any atom is -0.449 e. The molecule has 5 heteroatoms. The summed E-state index contributed by atoms with van der Waals surface area (Å²) in [7, 11) is 0. The van der Waals surface area contributed by atoms with Crippen LogP contribution in [0.1, 0.15) is 26.3 Å². The van der Waals surface area contributed by atoms with Gasteiger partial charge in [-0.3, -0.25) is 0 Å². The molecule has 0 bridgehead atoms. The second kappa shape index (κ2) is 8.13. The number of hydrogen-bond acceptors (Lipinski definition) is 4. The number of nitrogens with zero attached hydrogens (tertiary/aromatic N) is 2. The summed E-state index contributed by atoms with van der Waals surface area (Å²) in [6.07, 6.45) is 1.04. The number of ether oxygens (including phenoxy) is 1. The lowest BCUT2D eigenvalue weighted by atomic mass is 10.2. The van der Waals surface area contributed by atoms with Crippen molar-refractivity contribution >= 4 is 18.0 Å². The third-order valence-electron chi connectivity index (χ3n) is 2.67. The molecule has 19 heavy (non-hydrogen) atoms. The minimum absolute atomic E-state index is 0.333. The molecule has 0 aliphatic carbocycles. The number of nitrogens with one attached hydrogen (secondary N) is 1. The first-order chi connectivity index (χ1) is 9.21. The summed E-state index contributed by atoms with van der Waals surface area (Å²) in [5, 5.41) is 3.81. The molecule has 5 nitrogen and oxygen atoms in total. The standard InChI is InChI=1S/C14H21N3O2/c1-4-17(5-2)13-9-7-12(8-10-13)11-15-16-14(18)19-6-3/h7-11H,4-6H2,1-3H3,(H,16,18). The number of carbonyl (C=O) groups is 1. The monoisotopic (exact) mass is 263 g/mol. The summed E-state index contributed by atoms with van der Waals surface area (Å²) in [6.45, 7) is 8.29. The number of carbonyl (C=O) groups excluding carboxylic acids is 1. The van der Waals surface area contributed by atoms with Crippen molar-refractivity contribution < 1.29 is 9.53 Å². The smallest absolute Gasteiger partial charge is 0.427 e. The number of anilines is 1. The lowest BCUT2D eigenvalue weighted by molar-refractivity contribution is 0.152. The normalized spacial score (nSPS) is 10.5. The van der Waals surface area contributed by atoms with Crippen molar-refractivity contribution in [1.29, 1.82) is 0 Å². The largest absolute Gasteiger partial charge is 0.449 e. The highest BCUT2D eigenvalue weighted by molar-refractivity contribution is 5.81. The first kappa shape index (κ1) is 15.0. The summed E-state index contributed by atoms with van der Waals surface area (Å²) in [5.74, 6) is 0. The molecule has 0 aliphatic heterocycles. The Hall–Kier alpha value is -2.04. The Labute approximate surface area is 114 Å². The predicted molar refractivity (Wildman–Crippen MR) is 77.8 cm³/mol. The number of hydrazone groups is 1. The van der Waals surface area contributed by atoms with Gasteiger partial charge in [0, 0.05) is 18.8 Å². The van der Waals surface area contributed by atoms with Crippen LogP contribution in [0.4, 0.5) is 10.5 Å². The molecule has 1 amide bonds. The molecule has 0 saturated carbocycles. The van der Waals surface area contributed by atoms with Crippen LogP contribution in [-0.4, -0.2) is 32.0 Å². The zero-order chi connectivity index (χ0) is 14.1.